The maximum absolute atomic E-state index is 11.4. The van der Waals surface area contributed by atoms with E-state index in [9.17, 15) is 4.79 Å². The summed E-state index contributed by atoms with van der Waals surface area (Å²) in [6.07, 6.45) is 8.50. The Morgan fingerprint density at radius 1 is 1.27 bits per heavy atom. The number of rotatable bonds is 7. The van der Waals surface area contributed by atoms with Crippen LogP contribution in [0.15, 0.2) is 4.99 Å². The number of hydrogen-bond donors (Lipinski definition) is 2. The number of hydrogen-bond acceptors (Lipinski definition) is 3. The van der Waals surface area contributed by atoms with E-state index in [1.54, 1.807) is 0 Å². The zero-order chi connectivity index (χ0) is 18.9. The Morgan fingerprint density at radius 3 is 2.65 bits per heavy atom. The van der Waals surface area contributed by atoms with Crippen LogP contribution < -0.4 is 11.1 Å². The lowest BCUT2D eigenvalue weighted by Gasteiger charge is -2.32. The van der Waals surface area contributed by atoms with Crippen LogP contribution in [0.3, 0.4) is 0 Å². The number of amides is 1. The summed E-state index contributed by atoms with van der Waals surface area (Å²) in [6.45, 7) is 7.30. The van der Waals surface area contributed by atoms with Crippen molar-refractivity contribution in [2.75, 3.05) is 46.8 Å². The molecule has 0 spiro atoms. The lowest BCUT2D eigenvalue weighted by atomic mass is 9.83. The van der Waals surface area contributed by atoms with Gasteiger partial charge in [-0.15, -0.1) is 0 Å². The molecule has 1 aliphatic heterocycles. The van der Waals surface area contributed by atoms with Crippen LogP contribution in [0, 0.1) is 17.8 Å². The molecule has 1 saturated heterocycles. The Kier molecular flexibility index (Phi) is 8.69. The highest BCUT2D eigenvalue weighted by molar-refractivity contribution is 5.79. The van der Waals surface area contributed by atoms with E-state index in [1.807, 2.05) is 7.05 Å². The molecule has 0 bridgehead atoms. The van der Waals surface area contributed by atoms with E-state index < -0.39 is 0 Å². The number of piperidine rings is 1. The number of nitrogens with one attached hydrogen (secondary N) is 1. The van der Waals surface area contributed by atoms with Crippen LogP contribution in [0.1, 0.15) is 51.9 Å². The molecule has 0 aromatic rings. The highest BCUT2D eigenvalue weighted by Crippen LogP contribution is 2.28. The first-order valence-corrected chi connectivity index (χ1v) is 10.4. The van der Waals surface area contributed by atoms with E-state index in [-0.39, 0.29) is 11.8 Å². The molecule has 1 heterocycles. The van der Waals surface area contributed by atoms with Gasteiger partial charge in [-0.1, -0.05) is 19.8 Å². The third-order valence-electron chi connectivity index (χ3n) is 6.08. The van der Waals surface area contributed by atoms with Crippen LogP contribution in [0.4, 0.5) is 0 Å². The maximum atomic E-state index is 11.4. The monoisotopic (exact) mass is 365 g/mol. The number of aliphatic imine (C=N–C) groups is 1. The normalized spacial score (nSPS) is 28.0. The molecule has 2 aliphatic rings. The number of guanidine groups is 1. The first kappa shape index (κ1) is 21.0. The summed E-state index contributed by atoms with van der Waals surface area (Å²) in [5.41, 5.74) is 5.46. The Hall–Kier alpha value is -1.30. The Labute approximate surface area is 159 Å². The van der Waals surface area contributed by atoms with Gasteiger partial charge < -0.3 is 20.9 Å². The van der Waals surface area contributed by atoms with Crippen molar-refractivity contribution < 1.29 is 4.79 Å². The average Bonchev–Trinajstić information content (AvgIpc) is 2.63. The van der Waals surface area contributed by atoms with Gasteiger partial charge in [0.25, 0.3) is 0 Å². The summed E-state index contributed by atoms with van der Waals surface area (Å²) in [4.78, 5) is 20.5. The highest BCUT2D eigenvalue weighted by Gasteiger charge is 2.23. The van der Waals surface area contributed by atoms with Gasteiger partial charge in [-0.25, -0.2) is 0 Å². The SMILES string of the molecule is CN=C(NCCCN1CCCC(C(N)=O)C1)N(C)CC1CCC(C)CC1. The minimum atomic E-state index is -0.146. The molecule has 0 aromatic carbocycles. The standard InChI is InChI=1S/C20H39N5O/c1-16-7-9-17(10-8-16)14-24(3)20(22-2)23-11-5-13-25-12-4-6-18(15-25)19(21)26/h16-18H,4-15H2,1-3H3,(H2,21,26)(H,22,23). The van der Waals surface area contributed by atoms with Crippen molar-refractivity contribution >= 4 is 11.9 Å². The van der Waals surface area contributed by atoms with Crippen LogP contribution >= 0.6 is 0 Å². The van der Waals surface area contributed by atoms with Gasteiger partial charge in [0, 0.05) is 33.7 Å². The quantitative estimate of drug-likeness (QED) is 0.411. The third-order valence-corrected chi connectivity index (χ3v) is 6.08. The second-order valence-electron chi connectivity index (χ2n) is 8.38. The molecule has 2 fully saturated rings. The number of primary amides is 1. The first-order chi connectivity index (χ1) is 12.5. The maximum Gasteiger partial charge on any atom is 0.221 e. The van der Waals surface area contributed by atoms with Crippen LogP contribution in [0.2, 0.25) is 0 Å². The average molecular weight is 366 g/mol. The summed E-state index contributed by atoms with van der Waals surface area (Å²) in [7, 11) is 4.01. The molecule has 6 heteroatoms. The van der Waals surface area contributed by atoms with E-state index >= 15 is 0 Å². The van der Waals surface area contributed by atoms with Crippen LogP contribution in [-0.2, 0) is 4.79 Å². The van der Waals surface area contributed by atoms with Crippen molar-refractivity contribution in [3.05, 3.63) is 0 Å². The van der Waals surface area contributed by atoms with Gasteiger partial charge >= 0.3 is 0 Å². The lowest BCUT2D eigenvalue weighted by Crippen LogP contribution is -2.44. The third kappa shape index (κ3) is 6.78. The molecule has 26 heavy (non-hydrogen) atoms. The summed E-state index contributed by atoms with van der Waals surface area (Å²) < 4.78 is 0. The molecule has 1 atom stereocenters. The smallest absolute Gasteiger partial charge is 0.221 e. The molecule has 1 aliphatic carbocycles. The first-order valence-electron chi connectivity index (χ1n) is 10.4. The molecule has 150 valence electrons. The summed E-state index contributed by atoms with van der Waals surface area (Å²) in [6, 6.07) is 0. The predicted octanol–water partition coefficient (Wildman–Crippen LogP) is 1.91. The zero-order valence-corrected chi connectivity index (χ0v) is 17.0. The molecule has 3 N–H and O–H groups in total. The largest absolute Gasteiger partial charge is 0.369 e. The minimum Gasteiger partial charge on any atom is -0.369 e. The molecule has 0 aromatic heterocycles. The van der Waals surface area contributed by atoms with E-state index in [0.29, 0.717) is 0 Å². The predicted molar refractivity (Wildman–Crippen MR) is 108 cm³/mol. The number of nitrogens with zero attached hydrogens (tertiary/aromatic N) is 3. The van der Waals surface area contributed by atoms with Crippen molar-refractivity contribution in [2.45, 2.75) is 51.9 Å². The van der Waals surface area contributed by atoms with E-state index in [1.165, 1.54) is 25.7 Å². The van der Waals surface area contributed by atoms with Gasteiger partial charge in [-0.2, -0.15) is 0 Å². The van der Waals surface area contributed by atoms with Gasteiger partial charge in [0.2, 0.25) is 5.91 Å². The van der Waals surface area contributed by atoms with Crippen LogP contribution in [0.25, 0.3) is 0 Å². The lowest BCUT2D eigenvalue weighted by molar-refractivity contribution is -0.123. The number of likely N-dealkylation sites (tertiary alicyclic amines) is 1. The number of carbonyl (C=O) groups excluding carboxylic acids is 1. The molecule has 1 amide bonds. The van der Waals surface area contributed by atoms with Crippen molar-refractivity contribution in [2.24, 2.45) is 28.5 Å². The molecule has 1 saturated carbocycles. The Bertz CT molecular complexity index is 459. The fourth-order valence-corrected chi connectivity index (χ4v) is 4.36. The minimum absolute atomic E-state index is 0.0359. The van der Waals surface area contributed by atoms with Gasteiger partial charge in [0.15, 0.2) is 5.96 Å². The van der Waals surface area contributed by atoms with Crippen LogP contribution in [-0.4, -0.2) is 68.5 Å². The van der Waals surface area contributed by atoms with Gasteiger partial charge in [-0.05, 0) is 57.0 Å². The molecule has 1 unspecified atom stereocenters. The van der Waals surface area contributed by atoms with Gasteiger partial charge in [0.1, 0.15) is 0 Å². The second-order valence-corrected chi connectivity index (χ2v) is 8.38. The molecular formula is C20H39N5O. The van der Waals surface area contributed by atoms with Crippen molar-refractivity contribution in [1.29, 1.82) is 0 Å². The fourth-order valence-electron chi connectivity index (χ4n) is 4.36. The van der Waals surface area contributed by atoms with E-state index in [0.717, 1.165) is 69.8 Å². The fraction of sp³-hybridized carbons (Fsp3) is 0.900. The van der Waals surface area contributed by atoms with Crippen LogP contribution in [0.5, 0.6) is 0 Å². The zero-order valence-electron chi connectivity index (χ0n) is 17.0. The summed E-state index contributed by atoms with van der Waals surface area (Å²) in [5.74, 6) is 2.59. The molecule has 6 nitrogen and oxygen atoms in total. The van der Waals surface area contributed by atoms with Gasteiger partial charge in [-0.3, -0.25) is 9.79 Å². The van der Waals surface area contributed by atoms with Gasteiger partial charge in [0.05, 0.1) is 5.92 Å². The summed E-state index contributed by atoms with van der Waals surface area (Å²) in [5, 5.41) is 3.50. The topological polar surface area (TPSA) is 74.0 Å². The molecule has 0 radical (unpaired) electrons. The van der Waals surface area contributed by atoms with E-state index in [2.05, 4.69) is 34.1 Å². The Morgan fingerprint density at radius 2 is 2.00 bits per heavy atom. The van der Waals surface area contributed by atoms with Crippen molar-refractivity contribution in [1.82, 2.24) is 15.1 Å². The number of carbonyl (C=O) groups is 1. The second kappa shape index (κ2) is 10.8. The molecular weight excluding hydrogens is 326 g/mol. The molecule has 2 rings (SSSR count). The Balaban J connectivity index is 1.64. The van der Waals surface area contributed by atoms with E-state index in [4.69, 9.17) is 5.73 Å². The highest BCUT2D eigenvalue weighted by atomic mass is 16.1. The van der Waals surface area contributed by atoms with Crippen molar-refractivity contribution in [3.63, 3.8) is 0 Å². The van der Waals surface area contributed by atoms with Crippen molar-refractivity contribution in [3.8, 4) is 0 Å². The summed E-state index contributed by atoms with van der Waals surface area (Å²) >= 11 is 0. The number of nitrogens with two attached hydrogens (primary N) is 1.